The van der Waals surface area contributed by atoms with Gasteiger partial charge in [0.1, 0.15) is 0 Å². The molecule has 5 nitrogen and oxygen atoms in total. The zero-order valence-corrected chi connectivity index (χ0v) is 10.4. The average Bonchev–Trinajstić information content (AvgIpc) is 2.14. The Hall–Kier alpha value is -1.31. The molecule has 18 heavy (non-hydrogen) atoms. The molecule has 0 aliphatic carbocycles. The first kappa shape index (κ1) is 16.7. The third kappa shape index (κ3) is 4.52. The van der Waals surface area contributed by atoms with Gasteiger partial charge in [0.05, 0.1) is 0 Å². The lowest BCUT2D eigenvalue weighted by Gasteiger charge is -2.28. The largest absolute Gasteiger partial charge is 0.479 e. The lowest BCUT2D eigenvalue weighted by Crippen LogP contribution is -2.62. The predicted octanol–water partition coefficient (Wildman–Crippen LogP) is 0.896. The van der Waals surface area contributed by atoms with Crippen molar-refractivity contribution in [3.63, 3.8) is 0 Å². The van der Waals surface area contributed by atoms with Crippen molar-refractivity contribution in [2.45, 2.75) is 44.9 Å². The van der Waals surface area contributed by atoms with Crippen molar-refractivity contribution in [3.8, 4) is 0 Å². The van der Waals surface area contributed by atoms with Crippen LogP contribution in [0.2, 0.25) is 0 Å². The second kappa shape index (κ2) is 6.03. The van der Waals surface area contributed by atoms with Crippen molar-refractivity contribution in [1.29, 1.82) is 0 Å². The molecule has 1 atom stereocenters. The lowest BCUT2D eigenvalue weighted by atomic mass is 10.0. The van der Waals surface area contributed by atoms with Crippen molar-refractivity contribution in [2.75, 3.05) is 6.54 Å². The molecular formula is C10H17F3N2O3. The van der Waals surface area contributed by atoms with Crippen LogP contribution >= 0.6 is 0 Å². The van der Waals surface area contributed by atoms with Crippen LogP contribution in [-0.2, 0) is 9.59 Å². The fourth-order valence-corrected chi connectivity index (χ4v) is 1.06. The number of hydrogen-bond acceptors (Lipinski definition) is 3. The number of nitrogens with one attached hydrogen (secondary N) is 2. The Morgan fingerprint density at radius 2 is 1.78 bits per heavy atom. The average molecular weight is 270 g/mol. The number of amides is 1. The quantitative estimate of drug-likeness (QED) is 0.670. The minimum absolute atomic E-state index is 0.0891. The van der Waals surface area contributed by atoms with Crippen LogP contribution in [0.5, 0.6) is 0 Å². The van der Waals surface area contributed by atoms with Gasteiger partial charge in [0.25, 0.3) is 0 Å². The summed E-state index contributed by atoms with van der Waals surface area (Å²) < 4.78 is 37.7. The fourth-order valence-electron chi connectivity index (χ4n) is 1.06. The zero-order valence-electron chi connectivity index (χ0n) is 10.4. The molecule has 1 amide bonds. The maximum Gasteiger partial charge on any atom is 0.422 e. The summed E-state index contributed by atoms with van der Waals surface area (Å²) in [6, 6.07) is 0.0891. The van der Waals surface area contributed by atoms with Gasteiger partial charge < -0.3 is 15.7 Å². The van der Waals surface area contributed by atoms with E-state index in [4.69, 9.17) is 5.11 Å². The van der Waals surface area contributed by atoms with Crippen LogP contribution in [0, 0.1) is 0 Å². The van der Waals surface area contributed by atoms with E-state index in [1.807, 2.05) is 13.8 Å². The van der Waals surface area contributed by atoms with Crippen molar-refractivity contribution in [1.82, 2.24) is 10.6 Å². The fraction of sp³-hybridized carbons (Fsp3) is 0.800. The third-order valence-corrected chi connectivity index (χ3v) is 2.29. The van der Waals surface area contributed by atoms with Gasteiger partial charge in [0, 0.05) is 19.0 Å². The Kier molecular flexibility index (Phi) is 5.59. The van der Waals surface area contributed by atoms with E-state index in [0.29, 0.717) is 6.92 Å². The molecule has 0 bridgehead atoms. The second-order valence-electron chi connectivity index (χ2n) is 4.33. The van der Waals surface area contributed by atoms with Gasteiger partial charge in [0.2, 0.25) is 11.4 Å². The minimum atomic E-state index is -5.06. The normalized spacial score (nSPS) is 15.3. The van der Waals surface area contributed by atoms with Crippen LogP contribution in [-0.4, -0.2) is 41.3 Å². The van der Waals surface area contributed by atoms with E-state index in [-0.39, 0.29) is 19.0 Å². The molecule has 0 aliphatic heterocycles. The molecule has 1 unspecified atom stereocenters. The number of carboxylic acid groups (broad SMARTS) is 1. The van der Waals surface area contributed by atoms with Crippen LogP contribution in [0.1, 0.15) is 27.2 Å². The van der Waals surface area contributed by atoms with E-state index in [9.17, 15) is 22.8 Å². The molecule has 0 fully saturated rings. The molecule has 0 aliphatic rings. The Morgan fingerprint density at radius 3 is 2.11 bits per heavy atom. The molecule has 0 saturated carbocycles. The van der Waals surface area contributed by atoms with E-state index >= 15 is 0 Å². The van der Waals surface area contributed by atoms with Crippen molar-refractivity contribution in [2.24, 2.45) is 0 Å². The maximum atomic E-state index is 12.6. The van der Waals surface area contributed by atoms with Gasteiger partial charge in [-0.05, 0) is 6.92 Å². The summed E-state index contributed by atoms with van der Waals surface area (Å²) in [5, 5.41) is 12.9. The molecular weight excluding hydrogens is 253 g/mol. The molecule has 106 valence electrons. The second-order valence-corrected chi connectivity index (χ2v) is 4.33. The first-order valence-corrected chi connectivity index (χ1v) is 5.35. The summed E-state index contributed by atoms with van der Waals surface area (Å²) in [5.41, 5.74) is -3.26. The van der Waals surface area contributed by atoms with Gasteiger partial charge in [-0.2, -0.15) is 13.2 Å². The van der Waals surface area contributed by atoms with Gasteiger partial charge in [0.15, 0.2) is 0 Å². The summed E-state index contributed by atoms with van der Waals surface area (Å²) in [5.74, 6) is -3.11. The van der Waals surface area contributed by atoms with Gasteiger partial charge in [-0.15, -0.1) is 0 Å². The van der Waals surface area contributed by atoms with Gasteiger partial charge in [-0.1, -0.05) is 13.8 Å². The highest BCUT2D eigenvalue weighted by atomic mass is 19.4. The van der Waals surface area contributed by atoms with Crippen LogP contribution in [0.15, 0.2) is 0 Å². The first-order chi connectivity index (χ1) is 8.00. The molecule has 0 rings (SSSR count). The van der Waals surface area contributed by atoms with Crippen LogP contribution in [0.25, 0.3) is 0 Å². The molecule has 0 aromatic rings. The van der Waals surface area contributed by atoms with Gasteiger partial charge in [-0.3, -0.25) is 4.79 Å². The number of carbonyl (C=O) groups is 2. The molecule has 0 radical (unpaired) electrons. The van der Waals surface area contributed by atoms with Crippen molar-refractivity contribution >= 4 is 11.9 Å². The number of rotatable bonds is 6. The SMILES string of the molecule is CC(C)NCCC(=O)NC(C)(C(=O)O)C(F)(F)F. The Labute approximate surface area is 103 Å². The van der Waals surface area contributed by atoms with Crippen LogP contribution in [0.4, 0.5) is 13.2 Å². The number of halogens is 3. The van der Waals surface area contributed by atoms with Crippen molar-refractivity contribution in [3.05, 3.63) is 0 Å². The maximum absolute atomic E-state index is 12.6. The first-order valence-electron chi connectivity index (χ1n) is 5.35. The van der Waals surface area contributed by atoms with Gasteiger partial charge in [-0.25, -0.2) is 4.79 Å². The Bertz CT molecular complexity index is 318. The summed E-state index contributed by atoms with van der Waals surface area (Å²) in [7, 11) is 0. The van der Waals surface area contributed by atoms with E-state index in [1.165, 1.54) is 5.32 Å². The topological polar surface area (TPSA) is 78.4 Å². The standard InChI is InChI=1S/C10H17F3N2O3/c1-6(2)14-5-4-7(16)15-9(3,8(17)18)10(11,12)13/h6,14H,4-5H2,1-3H3,(H,15,16)(H,17,18). The molecule has 0 heterocycles. The predicted molar refractivity (Wildman–Crippen MR) is 58.0 cm³/mol. The van der Waals surface area contributed by atoms with E-state index in [1.54, 1.807) is 0 Å². The molecule has 0 spiro atoms. The number of hydrogen-bond donors (Lipinski definition) is 3. The van der Waals surface area contributed by atoms with Crippen LogP contribution in [0.3, 0.4) is 0 Å². The highest BCUT2D eigenvalue weighted by molar-refractivity contribution is 5.87. The highest BCUT2D eigenvalue weighted by Gasteiger charge is 2.58. The highest BCUT2D eigenvalue weighted by Crippen LogP contribution is 2.30. The molecule has 0 aromatic carbocycles. The number of carboxylic acids is 1. The molecule has 0 saturated heterocycles. The summed E-state index contributed by atoms with van der Waals surface area (Å²) >= 11 is 0. The monoisotopic (exact) mass is 270 g/mol. The number of alkyl halides is 3. The van der Waals surface area contributed by atoms with E-state index in [2.05, 4.69) is 5.32 Å². The minimum Gasteiger partial charge on any atom is -0.479 e. The Morgan fingerprint density at radius 1 is 1.28 bits per heavy atom. The summed E-state index contributed by atoms with van der Waals surface area (Å²) in [6.45, 7) is 4.23. The zero-order chi connectivity index (χ0) is 14.6. The lowest BCUT2D eigenvalue weighted by molar-refractivity contribution is -0.206. The summed E-state index contributed by atoms with van der Waals surface area (Å²) in [4.78, 5) is 21.9. The van der Waals surface area contributed by atoms with E-state index < -0.39 is 23.6 Å². The molecule has 0 aromatic heterocycles. The number of aliphatic carboxylic acids is 1. The summed E-state index contributed by atoms with van der Waals surface area (Å²) in [6.07, 6.45) is -5.28. The van der Waals surface area contributed by atoms with Crippen molar-refractivity contribution < 1.29 is 27.9 Å². The van der Waals surface area contributed by atoms with Gasteiger partial charge >= 0.3 is 12.1 Å². The smallest absolute Gasteiger partial charge is 0.422 e. The number of carbonyl (C=O) groups excluding carboxylic acids is 1. The van der Waals surface area contributed by atoms with Crippen LogP contribution < -0.4 is 10.6 Å². The molecule has 3 N–H and O–H groups in total. The molecule has 8 heteroatoms. The Balaban J connectivity index is 4.53. The third-order valence-electron chi connectivity index (χ3n) is 2.29. The van der Waals surface area contributed by atoms with E-state index in [0.717, 1.165) is 0 Å².